The second-order valence-corrected chi connectivity index (χ2v) is 1.92. The normalized spacial score (nSPS) is 9.55. The average Bonchev–Trinajstić information content (AvgIpc) is 2.05. The standard InChI is InChI=1S/C7H5NO3/c9-5-6-1-3-7(4-2-6)8(10)11/h1-4,9H. The molecule has 1 aromatic carbocycles. The van der Waals surface area contributed by atoms with Crippen LogP contribution in [0.3, 0.4) is 0 Å². The van der Waals surface area contributed by atoms with Crippen molar-refractivity contribution in [3.63, 3.8) is 0 Å². The van der Waals surface area contributed by atoms with E-state index in [1.165, 1.54) is 24.3 Å². The number of nitro benzene ring substituents is 1. The van der Waals surface area contributed by atoms with Gasteiger partial charge in [0.2, 0.25) is 0 Å². The maximum atomic E-state index is 10.1. The van der Waals surface area contributed by atoms with E-state index in [4.69, 9.17) is 5.11 Å². The fourth-order valence-corrected chi connectivity index (χ4v) is 0.658. The molecule has 4 heteroatoms. The number of nitro groups is 1. The number of benzene rings is 1. The number of aliphatic hydroxyl groups is 1. The molecule has 0 amide bonds. The van der Waals surface area contributed by atoms with Crippen LogP contribution >= 0.6 is 0 Å². The molecule has 2 radical (unpaired) electrons. The van der Waals surface area contributed by atoms with Crippen LogP contribution in [0.2, 0.25) is 0 Å². The third-order valence-corrected chi connectivity index (χ3v) is 1.21. The minimum Gasteiger partial charge on any atom is -0.378 e. The van der Waals surface area contributed by atoms with Crippen molar-refractivity contribution in [2.24, 2.45) is 0 Å². The summed E-state index contributed by atoms with van der Waals surface area (Å²) in [4.78, 5) is 9.62. The molecule has 0 aromatic heterocycles. The highest BCUT2D eigenvalue weighted by Crippen LogP contribution is 2.11. The maximum absolute atomic E-state index is 10.1. The highest BCUT2D eigenvalue weighted by molar-refractivity contribution is 5.34. The number of nitrogens with zero attached hydrogens (tertiary/aromatic N) is 1. The predicted molar refractivity (Wildman–Crippen MR) is 37.4 cm³/mol. The minimum atomic E-state index is -0.499. The average molecular weight is 151 g/mol. The number of rotatable bonds is 2. The summed E-state index contributed by atoms with van der Waals surface area (Å²) in [5.41, 5.74) is 0.430. The van der Waals surface area contributed by atoms with Gasteiger partial charge in [-0.2, -0.15) is 0 Å². The van der Waals surface area contributed by atoms with Crippen LogP contribution in [0, 0.1) is 16.7 Å². The molecule has 0 atom stereocenters. The Bertz CT molecular complexity index is 255. The third kappa shape index (κ3) is 1.75. The Balaban J connectivity index is 2.91. The van der Waals surface area contributed by atoms with E-state index in [1.54, 1.807) is 0 Å². The third-order valence-electron chi connectivity index (χ3n) is 1.21. The Morgan fingerprint density at radius 3 is 2.27 bits per heavy atom. The number of hydrogen-bond donors (Lipinski definition) is 1. The van der Waals surface area contributed by atoms with Gasteiger partial charge in [-0.25, -0.2) is 0 Å². The summed E-state index contributed by atoms with van der Waals surface area (Å²) in [5, 5.41) is 18.5. The molecule has 56 valence electrons. The van der Waals surface area contributed by atoms with Crippen LogP contribution in [0.25, 0.3) is 0 Å². The van der Waals surface area contributed by atoms with E-state index in [0.717, 1.165) is 0 Å². The maximum Gasteiger partial charge on any atom is 0.269 e. The van der Waals surface area contributed by atoms with Gasteiger partial charge in [0.1, 0.15) is 0 Å². The van der Waals surface area contributed by atoms with E-state index in [9.17, 15) is 10.1 Å². The molecule has 1 rings (SSSR count). The van der Waals surface area contributed by atoms with Crippen LogP contribution in [-0.4, -0.2) is 10.0 Å². The summed E-state index contributed by atoms with van der Waals surface area (Å²) in [6, 6.07) is 5.44. The molecule has 11 heavy (non-hydrogen) atoms. The largest absolute Gasteiger partial charge is 0.378 e. The van der Waals surface area contributed by atoms with Gasteiger partial charge < -0.3 is 5.11 Å². The predicted octanol–water partition coefficient (Wildman–Crippen LogP) is 1.35. The lowest BCUT2D eigenvalue weighted by Gasteiger charge is -1.92. The number of aliphatic hydroxyl groups excluding tert-OH is 1. The second-order valence-electron chi connectivity index (χ2n) is 1.92. The van der Waals surface area contributed by atoms with Crippen LogP contribution < -0.4 is 0 Å². The molecule has 1 aromatic rings. The first-order valence-electron chi connectivity index (χ1n) is 2.88. The summed E-state index contributed by atoms with van der Waals surface area (Å²) in [6.45, 7) is 1.87. The summed E-state index contributed by atoms with van der Waals surface area (Å²) >= 11 is 0. The van der Waals surface area contributed by atoms with E-state index >= 15 is 0 Å². The molecule has 0 saturated carbocycles. The Morgan fingerprint density at radius 2 is 1.91 bits per heavy atom. The zero-order valence-corrected chi connectivity index (χ0v) is 5.52. The molecule has 1 N–H and O–H groups in total. The lowest BCUT2D eigenvalue weighted by atomic mass is 10.2. The fraction of sp³-hybridized carbons (Fsp3) is 0. The SMILES string of the molecule is O=[N+]([O-])c1ccc([C]O)cc1. The van der Waals surface area contributed by atoms with Crippen LogP contribution in [0.15, 0.2) is 24.3 Å². The smallest absolute Gasteiger partial charge is 0.269 e. The highest BCUT2D eigenvalue weighted by Gasteiger charge is 2.02. The zero-order chi connectivity index (χ0) is 8.27. The van der Waals surface area contributed by atoms with E-state index in [0.29, 0.717) is 5.56 Å². The molecule has 0 aliphatic heterocycles. The van der Waals surface area contributed by atoms with E-state index < -0.39 is 4.92 Å². The molecular weight excluding hydrogens is 146 g/mol. The summed E-state index contributed by atoms with van der Waals surface area (Å²) in [7, 11) is 0. The van der Waals surface area contributed by atoms with Gasteiger partial charge in [-0.3, -0.25) is 10.1 Å². The molecule has 0 bridgehead atoms. The van der Waals surface area contributed by atoms with Crippen molar-refractivity contribution in [1.29, 1.82) is 0 Å². The topological polar surface area (TPSA) is 63.4 Å². The van der Waals surface area contributed by atoms with Crippen molar-refractivity contribution in [2.45, 2.75) is 0 Å². The molecule has 0 aliphatic carbocycles. The van der Waals surface area contributed by atoms with Crippen molar-refractivity contribution in [1.82, 2.24) is 0 Å². The lowest BCUT2D eigenvalue weighted by molar-refractivity contribution is -0.384. The first-order valence-corrected chi connectivity index (χ1v) is 2.88. The van der Waals surface area contributed by atoms with Gasteiger partial charge >= 0.3 is 0 Å². The summed E-state index contributed by atoms with van der Waals surface area (Å²) in [6.07, 6.45) is 0. The van der Waals surface area contributed by atoms with Gasteiger partial charge in [-0.1, -0.05) is 0 Å². The van der Waals surface area contributed by atoms with E-state index in [1.807, 2.05) is 6.61 Å². The number of hydrogen-bond acceptors (Lipinski definition) is 3. The molecule has 4 nitrogen and oxygen atoms in total. The van der Waals surface area contributed by atoms with Gasteiger partial charge in [0.15, 0.2) is 6.61 Å². The lowest BCUT2D eigenvalue weighted by Crippen LogP contribution is -1.87. The summed E-state index contributed by atoms with van der Waals surface area (Å²) in [5.74, 6) is 0. The van der Waals surface area contributed by atoms with Gasteiger partial charge in [0.25, 0.3) is 5.69 Å². The van der Waals surface area contributed by atoms with Crippen molar-refractivity contribution in [3.05, 3.63) is 46.6 Å². The molecule has 0 heterocycles. The first kappa shape index (κ1) is 7.68. The van der Waals surface area contributed by atoms with Crippen LogP contribution in [-0.2, 0) is 0 Å². The monoisotopic (exact) mass is 151 g/mol. The first-order chi connectivity index (χ1) is 5.24. The van der Waals surface area contributed by atoms with Gasteiger partial charge in [0.05, 0.1) is 4.92 Å². The van der Waals surface area contributed by atoms with Gasteiger partial charge in [0, 0.05) is 12.1 Å². The molecular formula is C7H5NO3. The Kier molecular flexibility index (Phi) is 2.18. The zero-order valence-electron chi connectivity index (χ0n) is 5.52. The second kappa shape index (κ2) is 3.12. The van der Waals surface area contributed by atoms with E-state index in [2.05, 4.69) is 0 Å². The molecule has 0 fully saturated rings. The van der Waals surface area contributed by atoms with Crippen molar-refractivity contribution in [2.75, 3.05) is 0 Å². The molecule has 0 spiro atoms. The molecule has 0 unspecified atom stereocenters. The van der Waals surface area contributed by atoms with Crippen LogP contribution in [0.5, 0.6) is 0 Å². The minimum absolute atomic E-state index is 0.00370. The van der Waals surface area contributed by atoms with Crippen molar-refractivity contribution >= 4 is 5.69 Å². The quantitative estimate of drug-likeness (QED) is 0.512. The Hall–Kier alpha value is -1.42. The van der Waals surface area contributed by atoms with Crippen molar-refractivity contribution in [3.8, 4) is 0 Å². The van der Waals surface area contributed by atoms with E-state index in [-0.39, 0.29) is 5.69 Å². The molecule has 0 saturated heterocycles. The van der Waals surface area contributed by atoms with Crippen molar-refractivity contribution < 1.29 is 10.0 Å². The van der Waals surface area contributed by atoms with Gasteiger partial charge in [-0.15, -0.1) is 0 Å². The number of non-ortho nitro benzene ring substituents is 1. The summed E-state index contributed by atoms with van der Waals surface area (Å²) < 4.78 is 0. The van der Waals surface area contributed by atoms with Gasteiger partial charge in [-0.05, 0) is 17.7 Å². The highest BCUT2D eigenvalue weighted by atomic mass is 16.6. The Labute approximate surface area is 63.2 Å². The fourth-order valence-electron chi connectivity index (χ4n) is 0.658. The van der Waals surface area contributed by atoms with Crippen LogP contribution in [0.4, 0.5) is 5.69 Å². The molecule has 0 aliphatic rings. The Morgan fingerprint density at radius 1 is 1.36 bits per heavy atom. The van der Waals surface area contributed by atoms with Crippen LogP contribution in [0.1, 0.15) is 5.56 Å².